The Hall–Kier alpha value is -0.770. The van der Waals surface area contributed by atoms with Crippen molar-refractivity contribution >= 4 is 11.6 Å². The standard InChI is InChI=1S/C16H27ClN2O/c1-13(2)7-8-19(10-9-18(3)4)12-14-5-6-16(20)15(17)11-14/h5-6,11,13,20H,7-10,12H2,1-4H3. The molecule has 0 spiro atoms. The summed E-state index contributed by atoms with van der Waals surface area (Å²) in [5, 5.41) is 9.91. The van der Waals surface area contributed by atoms with Crippen LogP contribution in [0.1, 0.15) is 25.8 Å². The SMILES string of the molecule is CC(C)CCN(CCN(C)C)Cc1ccc(O)c(Cl)c1. The van der Waals surface area contributed by atoms with Crippen LogP contribution in [-0.2, 0) is 6.54 Å². The summed E-state index contributed by atoms with van der Waals surface area (Å²) in [5.74, 6) is 0.859. The van der Waals surface area contributed by atoms with Crippen molar-refractivity contribution in [2.24, 2.45) is 5.92 Å². The third-order valence-corrected chi connectivity index (χ3v) is 3.61. The van der Waals surface area contributed by atoms with Crippen LogP contribution in [0, 0.1) is 5.92 Å². The monoisotopic (exact) mass is 298 g/mol. The van der Waals surface area contributed by atoms with Crippen molar-refractivity contribution in [3.8, 4) is 5.75 Å². The quantitative estimate of drug-likeness (QED) is 0.796. The number of halogens is 1. The first-order valence-electron chi connectivity index (χ1n) is 7.23. The summed E-state index contributed by atoms with van der Waals surface area (Å²) in [6.45, 7) is 8.55. The molecule has 0 heterocycles. The molecule has 1 aromatic carbocycles. The highest BCUT2D eigenvalue weighted by Gasteiger charge is 2.09. The molecule has 1 rings (SSSR count). The van der Waals surface area contributed by atoms with E-state index in [1.807, 2.05) is 12.1 Å². The first kappa shape index (κ1) is 17.3. The molecule has 0 unspecified atom stereocenters. The van der Waals surface area contributed by atoms with E-state index < -0.39 is 0 Å². The summed E-state index contributed by atoms with van der Waals surface area (Å²) < 4.78 is 0. The van der Waals surface area contributed by atoms with E-state index in [1.165, 1.54) is 6.42 Å². The Morgan fingerprint density at radius 2 is 1.85 bits per heavy atom. The molecule has 0 radical (unpaired) electrons. The molecule has 0 amide bonds. The molecule has 0 saturated carbocycles. The summed E-state index contributed by atoms with van der Waals surface area (Å²) in [5.41, 5.74) is 1.15. The van der Waals surface area contributed by atoms with Crippen LogP contribution in [0.4, 0.5) is 0 Å². The summed E-state index contributed by atoms with van der Waals surface area (Å²) in [6.07, 6.45) is 1.19. The topological polar surface area (TPSA) is 26.7 Å². The first-order chi connectivity index (χ1) is 9.38. The second-order valence-corrected chi connectivity index (χ2v) is 6.45. The Labute approximate surface area is 128 Å². The fourth-order valence-electron chi connectivity index (χ4n) is 1.96. The summed E-state index contributed by atoms with van der Waals surface area (Å²) in [6, 6.07) is 5.47. The maximum absolute atomic E-state index is 9.48. The Bertz CT molecular complexity index is 395. The molecule has 0 aromatic heterocycles. The normalized spacial score (nSPS) is 11.8. The Morgan fingerprint density at radius 1 is 1.15 bits per heavy atom. The Morgan fingerprint density at radius 3 is 2.40 bits per heavy atom. The van der Waals surface area contributed by atoms with Gasteiger partial charge in [-0.15, -0.1) is 0 Å². The fraction of sp³-hybridized carbons (Fsp3) is 0.625. The number of aromatic hydroxyl groups is 1. The Balaban J connectivity index is 2.63. The van der Waals surface area contributed by atoms with Gasteiger partial charge < -0.3 is 10.0 Å². The molecule has 20 heavy (non-hydrogen) atoms. The van der Waals surface area contributed by atoms with Crippen LogP contribution in [0.3, 0.4) is 0 Å². The molecule has 1 N–H and O–H groups in total. The maximum atomic E-state index is 9.48. The van der Waals surface area contributed by atoms with Gasteiger partial charge in [-0.2, -0.15) is 0 Å². The van der Waals surface area contributed by atoms with Gasteiger partial charge in [-0.3, -0.25) is 4.90 Å². The molecule has 0 aliphatic heterocycles. The number of nitrogens with zero attached hydrogens (tertiary/aromatic N) is 2. The zero-order chi connectivity index (χ0) is 15.1. The van der Waals surface area contributed by atoms with Gasteiger partial charge in [0.15, 0.2) is 0 Å². The van der Waals surface area contributed by atoms with Crippen molar-refractivity contribution in [2.45, 2.75) is 26.8 Å². The van der Waals surface area contributed by atoms with Crippen molar-refractivity contribution in [1.29, 1.82) is 0 Å². The van der Waals surface area contributed by atoms with Gasteiger partial charge in [0.1, 0.15) is 5.75 Å². The molecule has 0 atom stereocenters. The first-order valence-corrected chi connectivity index (χ1v) is 7.60. The highest BCUT2D eigenvalue weighted by atomic mass is 35.5. The molecule has 0 saturated heterocycles. The van der Waals surface area contributed by atoms with Crippen molar-refractivity contribution in [3.05, 3.63) is 28.8 Å². The van der Waals surface area contributed by atoms with Gasteiger partial charge in [0.2, 0.25) is 0 Å². The van der Waals surface area contributed by atoms with Crippen molar-refractivity contribution in [2.75, 3.05) is 33.7 Å². The van der Waals surface area contributed by atoms with E-state index >= 15 is 0 Å². The summed E-state index contributed by atoms with van der Waals surface area (Å²) in [7, 11) is 4.19. The van der Waals surface area contributed by atoms with Crippen LogP contribution in [0.25, 0.3) is 0 Å². The van der Waals surface area contributed by atoms with Crippen LogP contribution < -0.4 is 0 Å². The van der Waals surface area contributed by atoms with E-state index in [0.29, 0.717) is 10.9 Å². The third kappa shape index (κ3) is 6.60. The summed E-state index contributed by atoms with van der Waals surface area (Å²) >= 11 is 5.98. The minimum atomic E-state index is 0.150. The molecular weight excluding hydrogens is 272 g/mol. The van der Waals surface area contributed by atoms with Crippen LogP contribution in [-0.4, -0.2) is 48.6 Å². The van der Waals surface area contributed by atoms with E-state index in [2.05, 4.69) is 37.7 Å². The molecule has 3 nitrogen and oxygen atoms in total. The maximum Gasteiger partial charge on any atom is 0.134 e. The van der Waals surface area contributed by atoms with Gasteiger partial charge in [-0.1, -0.05) is 31.5 Å². The lowest BCUT2D eigenvalue weighted by Gasteiger charge is -2.25. The number of rotatable bonds is 8. The van der Waals surface area contributed by atoms with Gasteiger partial charge in [-0.05, 0) is 50.7 Å². The van der Waals surface area contributed by atoms with E-state index in [4.69, 9.17) is 11.6 Å². The molecular formula is C16H27ClN2O. The predicted octanol–water partition coefficient (Wildman–Crippen LogP) is 3.46. The predicted molar refractivity (Wildman–Crippen MR) is 86.4 cm³/mol. The zero-order valence-corrected chi connectivity index (χ0v) is 13.8. The lowest BCUT2D eigenvalue weighted by molar-refractivity contribution is 0.222. The van der Waals surface area contributed by atoms with Crippen molar-refractivity contribution in [3.63, 3.8) is 0 Å². The lowest BCUT2D eigenvalue weighted by Crippen LogP contribution is -2.32. The van der Waals surface area contributed by atoms with Crippen LogP contribution in [0.15, 0.2) is 18.2 Å². The largest absolute Gasteiger partial charge is 0.506 e. The number of phenols is 1. The molecule has 0 aliphatic rings. The van der Waals surface area contributed by atoms with Crippen LogP contribution in [0.2, 0.25) is 5.02 Å². The second kappa shape index (κ2) is 8.50. The smallest absolute Gasteiger partial charge is 0.134 e. The van der Waals surface area contributed by atoms with Crippen molar-refractivity contribution in [1.82, 2.24) is 9.80 Å². The second-order valence-electron chi connectivity index (χ2n) is 6.05. The number of likely N-dealkylation sites (N-methyl/N-ethyl adjacent to an activating group) is 1. The highest BCUT2D eigenvalue weighted by Crippen LogP contribution is 2.24. The van der Waals surface area contributed by atoms with E-state index in [0.717, 1.165) is 31.7 Å². The van der Waals surface area contributed by atoms with Crippen molar-refractivity contribution < 1.29 is 5.11 Å². The number of hydrogen-bond acceptors (Lipinski definition) is 3. The molecule has 0 bridgehead atoms. The van der Waals surface area contributed by atoms with Gasteiger partial charge >= 0.3 is 0 Å². The number of phenolic OH excluding ortho intramolecular Hbond substituents is 1. The fourth-order valence-corrected chi connectivity index (χ4v) is 2.16. The highest BCUT2D eigenvalue weighted by molar-refractivity contribution is 6.32. The van der Waals surface area contributed by atoms with E-state index in [9.17, 15) is 5.11 Å². The number of benzene rings is 1. The molecule has 0 aliphatic carbocycles. The third-order valence-electron chi connectivity index (χ3n) is 3.30. The lowest BCUT2D eigenvalue weighted by atomic mass is 10.1. The van der Waals surface area contributed by atoms with Gasteiger partial charge in [0.25, 0.3) is 0 Å². The van der Waals surface area contributed by atoms with Gasteiger partial charge in [0, 0.05) is 19.6 Å². The minimum absolute atomic E-state index is 0.150. The van der Waals surface area contributed by atoms with E-state index in [-0.39, 0.29) is 5.75 Å². The minimum Gasteiger partial charge on any atom is -0.506 e. The molecule has 0 fully saturated rings. The van der Waals surface area contributed by atoms with Crippen LogP contribution in [0.5, 0.6) is 5.75 Å². The average Bonchev–Trinajstić information content (AvgIpc) is 2.36. The number of hydrogen-bond donors (Lipinski definition) is 1. The van der Waals surface area contributed by atoms with Crippen LogP contribution >= 0.6 is 11.6 Å². The molecule has 4 heteroatoms. The van der Waals surface area contributed by atoms with E-state index in [1.54, 1.807) is 6.07 Å². The Kier molecular flexibility index (Phi) is 7.35. The average molecular weight is 299 g/mol. The van der Waals surface area contributed by atoms with Gasteiger partial charge in [0.05, 0.1) is 5.02 Å². The molecule has 1 aromatic rings. The summed E-state index contributed by atoms with van der Waals surface area (Å²) in [4.78, 5) is 4.65. The molecule has 114 valence electrons. The van der Waals surface area contributed by atoms with Gasteiger partial charge in [-0.25, -0.2) is 0 Å². The zero-order valence-electron chi connectivity index (χ0n) is 13.1.